The molecule has 0 radical (unpaired) electrons. The van der Waals surface area contributed by atoms with Gasteiger partial charge in [-0.3, -0.25) is 4.79 Å². The Morgan fingerprint density at radius 3 is 2.71 bits per heavy atom. The van der Waals surface area contributed by atoms with Crippen LogP contribution in [-0.4, -0.2) is 33.0 Å². The van der Waals surface area contributed by atoms with Crippen molar-refractivity contribution in [3.8, 4) is 0 Å². The molecule has 1 aromatic rings. The molecule has 1 aromatic carbocycles. The molecule has 6 heteroatoms. The van der Waals surface area contributed by atoms with Crippen LogP contribution in [0.4, 0.5) is 5.69 Å². The maximum absolute atomic E-state index is 11.8. The molecule has 0 bridgehead atoms. The fourth-order valence-electron chi connectivity index (χ4n) is 1.26. The van der Waals surface area contributed by atoms with Crippen molar-refractivity contribution in [2.45, 2.75) is 6.29 Å². The number of anilines is 1. The Balaban J connectivity index is 2.66. The highest BCUT2D eigenvalue weighted by Gasteiger charge is 2.12. The van der Waals surface area contributed by atoms with Gasteiger partial charge >= 0.3 is 0 Å². The number of hydrogen-bond donors (Lipinski definition) is 2. The number of nitrogens with one attached hydrogen (secondary N) is 1. The van der Waals surface area contributed by atoms with Gasteiger partial charge in [0.1, 0.15) is 0 Å². The normalized spacial score (nSPS) is 10.6. The lowest BCUT2D eigenvalue weighted by Crippen LogP contribution is -2.34. The van der Waals surface area contributed by atoms with E-state index in [1.54, 1.807) is 12.1 Å². The summed E-state index contributed by atoms with van der Waals surface area (Å²) in [5.41, 5.74) is 6.39. The van der Waals surface area contributed by atoms with Crippen molar-refractivity contribution < 1.29 is 14.3 Å². The quantitative estimate of drug-likeness (QED) is 0.616. The van der Waals surface area contributed by atoms with E-state index in [1.807, 2.05) is 0 Å². The molecular weight excluding hydrogens is 244 g/mol. The van der Waals surface area contributed by atoms with Crippen LogP contribution in [0, 0.1) is 0 Å². The summed E-state index contributed by atoms with van der Waals surface area (Å²) in [4.78, 5) is 11.8. The number of nitrogen functional groups attached to an aromatic ring is 1. The van der Waals surface area contributed by atoms with E-state index in [2.05, 4.69) is 5.32 Å². The van der Waals surface area contributed by atoms with Gasteiger partial charge in [-0.25, -0.2) is 0 Å². The number of hydrogen-bond acceptors (Lipinski definition) is 4. The van der Waals surface area contributed by atoms with Gasteiger partial charge in [-0.05, 0) is 18.2 Å². The van der Waals surface area contributed by atoms with Crippen LogP contribution in [-0.2, 0) is 9.47 Å². The number of benzene rings is 1. The molecular formula is C11H15ClN2O3. The number of rotatable bonds is 5. The molecule has 0 unspecified atom stereocenters. The molecule has 0 spiro atoms. The summed E-state index contributed by atoms with van der Waals surface area (Å²) in [5, 5.41) is 3.10. The van der Waals surface area contributed by atoms with Crippen LogP contribution < -0.4 is 11.1 Å². The predicted octanol–water partition coefficient (Wildman–Crippen LogP) is 1.27. The van der Waals surface area contributed by atoms with Crippen molar-refractivity contribution in [3.63, 3.8) is 0 Å². The Morgan fingerprint density at radius 1 is 1.47 bits per heavy atom. The van der Waals surface area contributed by atoms with E-state index in [4.69, 9.17) is 26.8 Å². The van der Waals surface area contributed by atoms with Crippen LogP contribution in [0.5, 0.6) is 0 Å². The molecule has 0 heterocycles. The zero-order chi connectivity index (χ0) is 12.8. The molecule has 0 aliphatic carbocycles. The summed E-state index contributed by atoms with van der Waals surface area (Å²) < 4.78 is 9.89. The third-order valence-corrected chi connectivity index (χ3v) is 2.45. The first kappa shape index (κ1) is 13.8. The molecule has 17 heavy (non-hydrogen) atoms. The largest absolute Gasteiger partial charge is 0.398 e. The average molecular weight is 259 g/mol. The minimum atomic E-state index is -0.487. The van der Waals surface area contributed by atoms with Crippen molar-refractivity contribution in [2.75, 3.05) is 26.5 Å². The van der Waals surface area contributed by atoms with E-state index in [-0.39, 0.29) is 12.5 Å². The van der Waals surface area contributed by atoms with Crippen molar-refractivity contribution in [1.29, 1.82) is 0 Å². The molecule has 5 nitrogen and oxygen atoms in total. The molecule has 94 valence electrons. The smallest absolute Gasteiger partial charge is 0.253 e. The van der Waals surface area contributed by atoms with Gasteiger partial charge in [0, 0.05) is 24.9 Å². The topological polar surface area (TPSA) is 73.6 Å². The van der Waals surface area contributed by atoms with Crippen LogP contribution in [0.15, 0.2) is 18.2 Å². The zero-order valence-electron chi connectivity index (χ0n) is 9.70. The third kappa shape index (κ3) is 3.89. The lowest BCUT2D eigenvalue weighted by Gasteiger charge is -2.14. The molecule has 0 aromatic heterocycles. The molecule has 0 aliphatic rings. The fraction of sp³-hybridized carbons (Fsp3) is 0.364. The highest BCUT2D eigenvalue weighted by Crippen LogP contribution is 2.17. The van der Waals surface area contributed by atoms with Crippen LogP contribution in [0.3, 0.4) is 0 Å². The Labute approximate surface area is 105 Å². The highest BCUT2D eigenvalue weighted by atomic mass is 35.5. The van der Waals surface area contributed by atoms with Gasteiger partial charge < -0.3 is 20.5 Å². The second-order valence-corrected chi connectivity index (χ2v) is 3.78. The van der Waals surface area contributed by atoms with Gasteiger partial charge in [0.2, 0.25) is 0 Å². The number of amides is 1. The SMILES string of the molecule is COC(CNC(=O)c1cc(Cl)ccc1N)OC. The first-order chi connectivity index (χ1) is 8.08. The van der Waals surface area contributed by atoms with Gasteiger partial charge in [0.25, 0.3) is 5.91 Å². The second kappa shape index (κ2) is 6.44. The van der Waals surface area contributed by atoms with E-state index in [1.165, 1.54) is 20.3 Å². The van der Waals surface area contributed by atoms with E-state index in [0.717, 1.165) is 0 Å². The zero-order valence-corrected chi connectivity index (χ0v) is 10.5. The molecule has 0 atom stereocenters. The molecule has 0 saturated heterocycles. The molecule has 0 aliphatic heterocycles. The van der Waals surface area contributed by atoms with Crippen LogP contribution in [0.25, 0.3) is 0 Å². The Bertz CT molecular complexity index is 394. The summed E-state index contributed by atoms with van der Waals surface area (Å²) in [6, 6.07) is 4.73. The lowest BCUT2D eigenvalue weighted by atomic mass is 10.1. The highest BCUT2D eigenvalue weighted by molar-refractivity contribution is 6.31. The van der Waals surface area contributed by atoms with Gasteiger partial charge in [-0.1, -0.05) is 11.6 Å². The Morgan fingerprint density at radius 2 is 2.12 bits per heavy atom. The number of ether oxygens (including phenoxy) is 2. The Kier molecular flexibility index (Phi) is 5.21. The molecule has 1 rings (SSSR count). The average Bonchev–Trinajstić information content (AvgIpc) is 2.33. The van der Waals surface area contributed by atoms with E-state index in [0.29, 0.717) is 16.3 Å². The van der Waals surface area contributed by atoms with Gasteiger partial charge in [0.05, 0.1) is 12.1 Å². The minimum absolute atomic E-state index is 0.234. The third-order valence-electron chi connectivity index (χ3n) is 2.22. The number of nitrogens with two attached hydrogens (primary N) is 1. The fourth-order valence-corrected chi connectivity index (χ4v) is 1.43. The van der Waals surface area contributed by atoms with Crippen molar-refractivity contribution in [2.24, 2.45) is 0 Å². The summed E-state index contributed by atoms with van der Waals surface area (Å²) >= 11 is 5.79. The van der Waals surface area contributed by atoms with Crippen LogP contribution in [0.2, 0.25) is 5.02 Å². The minimum Gasteiger partial charge on any atom is -0.398 e. The Hall–Kier alpha value is -1.30. The number of halogens is 1. The molecule has 0 saturated carbocycles. The number of carbonyl (C=O) groups is 1. The molecule has 3 N–H and O–H groups in total. The van der Waals surface area contributed by atoms with E-state index in [9.17, 15) is 4.79 Å². The summed E-state index contributed by atoms with van der Waals surface area (Å²) in [7, 11) is 2.99. The first-order valence-electron chi connectivity index (χ1n) is 4.97. The number of methoxy groups -OCH3 is 2. The molecule has 1 amide bonds. The van der Waals surface area contributed by atoms with Gasteiger partial charge in [-0.15, -0.1) is 0 Å². The second-order valence-electron chi connectivity index (χ2n) is 3.34. The van der Waals surface area contributed by atoms with Crippen molar-refractivity contribution in [3.05, 3.63) is 28.8 Å². The standard InChI is InChI=1S/C11H15ClN2O3/c1-16-10(17-2)6-14-11(15)8-5-7(12)3-4-9(8)13/h3-5,10H,6,13H2,1-2H3,(H,14,15). The predicted molar refractivity (Wildman–Crippen MR) is 66.0 cm³/mol. The van der Waals surface area contributed by atoms with Gasteiger partial charge in [-0.2, -0.15) is 0 Å². The van der Waals surface area contributed by atoms with Crippen molar-refractivity contribution in [1.82, 2.24) is 5.32 Å². The van der Waals surface area contributed by atoms with Gasteiger partial charge in [0.15, 0.2) is 6.29 Å². The first-order valence-corrected chi connectivity index (χ1v) is 5.35. The summed E-state index contributed by atoms with van der Waals surface area (Å²) in [5.74, 6) is -0.316. The monoisotopic (exact) mass is 258 g/mol. The lowest BCUT2D eigenvalue weighted by molar-refractivity contribution is -0.0974. The maximum atomic E-state index is 11.8. The van der Waals surface area contributed by atoms with Crippen LogP contribution >= 0.6 is 11.6 Å². The maximum Gasteiger partial charge on any atom is 0.253 e. The van der Waals surface area contributed by atoms with Crippen molar-refractivity contribution >= 4 is 23.2 Å². The summed E-state index contributed by atoms with van der Waals surface area (Å²) in [6.45, 7) is 0.234. The number of carbonyl (C=O) groups excluding carboxylic acids is 1. The summed E-state index contributed by atoms with van der Waals surface area (Å²) in [6.07, 6.45) is -0.487. The van der Waals surface area contributed by atoms with Crippen LogP contribution in [0.1, 0.15) is 10.4 Å². The van der Waals surface area contributed by atoms with E-state index < -0.39 is 6.29 Å². The van der Waals surface area contributed by atoms with E-state index >= 15 is 0 Å². The molecule has 0 fully saturated rings.